The molecule has 0 aliphatic heterocycles. The number of para-hydroxylation sites is 1. The van der Waals surface area contributed by atoms with Crippen LogP contribution < -0.4 is 0 Å². The van der Waals surface area contributed by atoms with Crippen molar-refractivity contribution in [1.82, 2.24) is 4.98 Å². The third-order valence-electron chi connectivity index (χ3n) is 3.92. The maximum Gasteiger partial charge on any atom is 0.165 e. The zero-order valence-corrected chi connectivity index (χ0v) is 10.9. The maximum absolute atomic E-state index is 12.4. The first-order valence-corrected chi connectivity index (χ1v) is 6.76. The maximum atomic E-state index is 12.4. The molecule has 0 saturated carbocycles. The number of hydrogen-bond donors (Lipinski definition) is 0. The molecule has 1 aliphatic rings. The first-order chi connectivity index (χ1) is 9.81. The molecule has 2 heterocycles. The highest BCUT2D eigenvalue weighted by Gasteiger charge is 2.29. The Morgan fingerprint density at radius 3 is 2.85 bits per heavy atom. The second-order valence-electron chi connectivity index (χ2n) is 5.22. The fraction of sp³-hybridized carbons (Fsp3) is 0.176. The Balaban J connectivity index is 1.83. The molecule has 0 saturated heterocycles. The minimum absolute atomic E-state index is 0.110. The third kappa shape index (κ3) is 1.74. The van der Waals surface area contributed by atoms with E-state index in [4.69, 9.17) is 4.42 Å². The van der Waals surface area contributed by atoms with E-state index in [1.165, 1.54) is 0 Å². The average Bonchev–Trinajstić information content (AvgIpc) is 2.99. The Bertz CT molecular complexity index is 790. The van der Waals surface area contributed by atoms with E-state index < -0.39 is 0 Å². The molecule has 0 N–H and O–H groups in total. The summed E-state index contributed by atoms with van der Waals surface area (Å²) in [5.41, 5.74) is 2.60. The van der Waals surface area contributed by atoms with Crippen LogP contribution in [0.5, 0.6) is 0 Å². The van der Waals surface area contributed by atoms with Gasteiger partial charge in [0, 0.05) is 29.7 Å². The molecule has 0 bridgehead atoms. The zero-order valence-electron chi connectivity index (χ0n) is 10.9. The number of furan rings is 1. The van der Waals surface area contributed by atoms with Crippen molar-refractivity contribution in [3.8, 4) is 0 Å². The lowest BCUT2D eigenvalue weighted by Gasteiger charge is -2.21. The SMILES string of the molecule is O=C1CC(c2ccco2)Cc2nc3ccccc3cc21. The summed E-state index contributed by atoms with van der Waals surface area (Å²) in [5.74, 6) is 1.14. The Labute approximate surface area is 116 Å². The lowest BCUT2D eigenvalue weighted by molar-refractivity contribution is 0.0959. The summed E-state index contributed by atoms with van der Waals surface area (Å²) in [5, 5.41) is 1.02. The van der Waals surface area contributed by atoms with Crippen molar-refractivity contribution in [2.45, 2.75) is 18.8 Å². The Hall–Kier alpha value is -2.42. The van der Waals surface area contributed by atoms with Gasteiger partial charge in [-0.1, -0.05) is 18.2 Å². The predicted molar refractivity (Wildman–Crippen MR) is 75.8 cm³/mol. The first-order valence-electron chi connectivity index (χ1n) is 6.76. The number of Topliss-reactive ketones (excluding diaryl/α,β-unsaturated/α-hetero) is 1. The molecule has 4 rings (SSSR count). The molecular formula is C17H13NO2. The summed E-state index contributed by atoms with van der Waals surface area (Å²) in [7, 11) is 0. The summed E-state index contributed by atoms with van der Waals surface area (Å²) in [6.45, 7) is 0. The summed E-state index contributed by atoms with van der Waals surface area (Å²) in [6, 6.07) is 13.7. The Kier molecular flexibility index (Phi) is 2.46. The topological polar surface area (TPSA) is 43.1 Å². The summed E-state index contributed by atoms with van der Waals surface area (Å²) in [6.07, 6.45) is 2.92. The Morgan fingerprint density at radius 2 is 2.00 bits per heavy atom. The molecule has 0 spiro atoms. The number of carbonyl (C=O) groups excluding carboxylic acids is 1. The molecule has 1 aromatic carbocycles. The van der Waals surface area contributed by atoms with Gasteiger partial charge in [-0.25, -0.2) is 0 Å². The molecule has 3 heteroatoms. The number of benzene rings is 1. The number of carbonyl (C=O) groups is 1. The molecule has 0 fully saturated rings. The highest BCUT2D eigenvalue weighted by Crippen LogP contribution is 2.33. The van der Waals surface area contributed by atoms with Crippen LogP contribution >= 0.6 is 0 Å². The van der Waals surface area contributed by atoms with Crippen molar-refractivity contribution in [3.63, 3.8) is 0 Å². The van der Waals surface area contributed by atoms with Crippen molar-refractivity contribution in [2.75, 3.05) is 0 Å². The van der Waals surface area contributed by atoms with Gasteiger partial charge in [0.25, 0.3) is 0 Å². The van der Waals surface area contributed by atoms with Crippen LogP contribution in [0.1, 0.15) is 34.2 Å². The van der Waals surface area contributed by atoms with E-state index in [2.05, 4.69) is 4.98 Å². The standard InChI is InChI=1S/C17H13NO2/c19-16-10-12(17-6-3-7-20-17)9-15-13(16)8-11-4-1-2-5-14(11)18-15/h1-8,12H,9-10H2. The van der Waals surface area contributed by atoms with Crippen LogP contribution in [-0.4, -0.2) is 10.8 Å². The van der Waals surface area contributed by atoms with E-state index in [9.17, 15) is 4.79 Å². The van der Waals surface area contributed by atoms with Crippen molar-refractivity contribution >= 4 is 16.7 Å². The minimum atomic E-state index is 0.110. The van der Waals surface area contributed by atoms with Gasteiger partial charge in [0.15, 0.2) is 5.78 Å². The quantitative estimate of drug-likeness (QED) is 0.671. The van der Waals surface area contributed by atoms with Gasteiger partial charge in [0.05, 0.1) is 17.5 Å². The predicted octanol–water partition coefficient (Wildman–Crippen LogP) is 3.74. The van der Waals surface area contributed by atoms with Gasteiger partial charge >= 0.3 is 0 Å². The number of pyridine rings is 1. The molecule has 1 aliphatic carbocycles. The second kappa shape index (κ2) is 4.30. The lowest BCUT2D eigenvalue weighted by Crippen LogP contribution is -2.19. The fourth-order valence-electron chi connectivity index (χ4n) is 2.92. The van der Waals surface area contributed by atoms with Crippen molar-refractivity contribution < 1.29 is 9.21 Å². The van der Waals surface area contributed by atoms with E-state index in [0.717, 1.165) is 34.3 Å². The number of fused-ring (bicyclic) bond motifs is 2. The van der Waals surface area contributed by atoms with E-state index >= 15 is 0 Å². The third-order valence-corrected chi connectivity index (χ3v) is 3.92. The van der Waals surface area contributed by atoms with E-state index in [1.54, 1.807) is 6.26 Å². The molecule has 20 heavy (non-hydrogen) atoms. The molecule has 2 aromatic heterocycles. The molecule has 3 nitrogen and oxygen atoms in total. The molecular weight excluding hydrogens is 250 g/mol. The van der Waals surface area contributed by atoms with E-state index in [1.807, 2.05) is 42.5 Å². The highest BCUT2D eigenvalue weighted by molar-refractivity contribution is 6.01. The van der Waals surface area contributed by atoms with Gasteiger partial charge in [0.2, 0.25) is 0 Å². The van der Waals surface area contributed by atoms with Gasteiger partial charge in [0.1, 0.15) is 5.76 Å². The van der Waals surface area contributed by atoms with Crippen molar-refractivity contribution in [3.05, 3.63) is 65.7 Å². The molecule has 1 atom stereocenters. The largest absolute Gasteiger partial charge is 0.469 e. The van der Waals surface area contributed by atoms with Gasteiger partial charge < -0.3 is 4.42 Å². The molecule has 98 valence electrons. The van der Waals surface area contributed by atoms with Crippen LogP contribution in [0, 0.1) is 0 Å². The molecule has 3 aromatic rings. The number of ketones is 1. The minimum Gasteiger partial charge on any atom is -0.469 e. The lowest BCUT2D eigenvalue weighted by atomic mass is 9.84. The number of nitrogens with zero attached hydrogens (tertiary/aromatic N) is 1. The smallest absolute Gasteiger partial charge is 0.165 e. The van der Waals surface area contributed by atoms with Crippen LogP contribution in [0.3, 0.4) is 0 Å². The van der Waals surface area contributed by atoms with Gasteiger partial charge in [-0.2, -0.15) is 0 Å². The number of hydrogen-bond acceptors (Lipinski definition) is 3. The fourth-order valence-corrected chi connectivity index (χ4v) is 2.92. The highest BCUT2D eigenvalue weighted by atomic mass is 16.3. The monoisotopic (exact) mass is 263 g/mol. The van der Waals surface area contributed by atoms with Crippen LogP contribution in [-0.2, 0) is 6.42 Å². The van der Waals surface area contributed by atoms with Crippen LogP contribution in [0.25, 0.3) is 10.9 Å². The molecule has 0 amide bonds. The van der Waals surface area contributed by atoms with Crippen LogP contribution in [0.2, 0.25) is 0 Å². The van der Waals surface area contributed by atoms with Crippen molar-refractivity contribution in [2.24, 2.45) is 0 Å². The molecule has 0 radical (unpaired) electrons. The van der Waals surface area contributed by atoms with E-state index in [-0.39, 0.29) is 11.7 Å². The zero-order chi connectivity index (χ0) is 13.5. The van der Waals surface area contributed by atoms with Crippen LogP contribution in [0.4, 0.5) is 0 Å². The van der Waals surface area contributed by atoms with Crippen molar-refractivity contribution in [1.29, 1.82) is 0 Å². The second-order valence-corrected chi connectivity index (χ2v) is 5.22. The number of aromatic nitrogens is 1. The van der Waals surface area contributed by atoms with E-state index in [0.29, 0.717) is 6.42 Å². The van der Waals surface area contributed by atoms with Crippen LogP contribution in [0.15, 0.2) is 53.1 Å². The summed E-state index contributed by atoms with van der Waals surface area (Å²) in [4.78, 5) is 17.0. The van der Waals surface area contributed by atoms with Gasteiger partial charge in [-0.15, -0.1) is 0 Å². The van der Waals surface area contributed by atoms with Gasteiger partial charge in [-0.3, -0.25) is 9.78 Å². The number of rotatable bonds is 1. The van der Waals surface area contributed by atoms with Gasteiger partial charge in [-0.05, 0) is 24.3 Å². The summed E-state index contributed by atoms with van der Waals surface area (Å²) >= 11 is 0. The normalized spacial score (nSPS) is 18.2. The Morgan fingerprint density at radius 1 is 1.10 bits per heavy atom. The first kappa shape index (κ1) is 11.4. The molecule has 1 unspecified atom stereocenters. The average molecular weight is 263 g/mol. The summed E-state index contributed by atoms with van der Waals surface area (Å²) < 4.78 is 5.44.